The highest BCUT2D eigenvalue weighted by Crippen LogP contribution is 2.40. The van der Waals surface area contributed by atoms with E-state index >= 15 is 0 Å². The summed E-state index contributed by atoms with van der Waals surface area (Å²) >= 11 is 0. The predicted octanol–water partition coefficient (Wildman–Crippen LogP) is 4.37. The molecular weight excluding hydrogens is 256 g/mol. The van der Waals surface area contributed by atoms with Gasteiger partial charge in [-0.1, -0.05) is 44.9 Å². The fourth-order valence-electron chi connectivity index (χ4n) is 3.93. The Hall–Kier alpha value is -0.770. The second-order valence-electron chi connectivity index (χ2n) is 6.33. The van der Waals surface area contributed by atoms with E-state index in [1.807, 2.05) is 0 Å². The molecular formula is C16H30O4. The maximum absolute atomic E-state index is 8.85. The summed E-state index contributed by atoms with van der Waals surface area (Å²) in [4.78, 5) is 8.56. The number of aliphatic hydroxyl groups is 1. The van der Waals surface area contributed by atoms with Crippen molar-refractivity contribution in [2.24, 2.45) is 17.8 Å². The minimum Gasteiger partial charge on any atom is -0.450 e. The predicted molar refractivity (Wildman–Crippen MR) is 79.0 cm³/mol. The Kier molecular flexibility index (Phi) is 8.67. The Bertz CT molecular complexity index is 249. The molecule has 0 aromatic rings. The van der Waals surface area contributed by atoms with Crippen LogP contribution in [0.3, 0.4) is 0 Å². The van der Waals surface area contributed by atoms with Crippen molar-refractivity contribution in [2.75, 3.05) is 6.61 Å². The Morgan fingerprint density at radius 1 is 0.850 bits per heavy atom. The Labute approximate surface area is 122 Å². The van der Waals surface area contributed by atoms with Gasteiger partial charge in [-0.2, -0.15) is 0 Å². The maximum Gasteiger partial charge on any atom is 0.503 e. The van der Waals surface area contributed by atoms with Gasteiger partial charge in [-0.05, 0) is 43.4 Å². The number of hydrogen-bond donors (Lipinski definition) is 3. The van der Waals surface area contributed by atoms with Crippen LogP contribution in [0.1, 0.15) is 70.6 Å². The summed E-state index contributed by atoms with van der Waals surface area (Å²) in [5.41, 5.74) is 0. The zero-order valence-electron chi connectivity index (χ0n) is 12.5. The van der Waals surface area contributed by atoms with Gasteiger partial charge in [0, 0.05) is 6.61 Å². The van der Waals surface area contributed by atoms with Crippen LogP contribution >= 0.6 is 0 Å². The van der Waals surface area contributed by atoms with E-state index in [0.717, 1.165) is 24.2 Å². The topological polar surface area (TPSA) is 77.8 Å². The summed E-state index contributed by atoms with van der Waals surface area (Å²) < 4.78 is 0. The third kappa shape index (κ3) is 7.13. The van der Waals surface area contributed by atoms with E-state index in [1.54, 1.807) is 0 Å². The van der Waals surface area contributed by atoms with Gasteiger partial charge in [-0.3, -0.25) is 0 Å². The van der Waals surface area contributed by atoms with E-state index in [0.29, 0.717) is 6.61 Å². The molecule has 0 aromatic heterocycles. The summed E-state index contributed by atoms with van der Waals surface area (Å²) in [5, 5.41) is 22.8. The molecule has 2 aliphatic carbocycles. The molecule has 2 rings (SSSR count). The van der Waals surface area contributed by atoms with Crippen molar-refractivity contribution in [3.63, 3.8) is 0 Å². The lowest BCUT2D eigenvalue weighted by Crippen LogP contribution is -2.23. The quantitative estimate of drug-likeness (QED) is 0.717. The molecule has 0 unspecified atom stereocenters. The first-order chi connectivity index (χ1) is 9.63. The van der Waals surface area contributed by atoms with Crippen molar-refractivity contribution in [3.05, 3.63) is 0 Å². The van der Waals surface area contributed by atoms with Crippen LogP contribution in [-0.4, -0.2) is 28.1 Å². The van der Waals surface area contributed by atoms with Crippen LogP contribution in [0.15, 0.2) is 0 Å². The second-order valence-corrected chi connectivity index (χ2v) is 6.33. The van der Waals surface area contributed by atoms with E-state index in [9.17, 15) is 0 Å². The molecule has 20 heavy (non-hydrogen) atoms. The van der Waals surface area contributed by atoms with E-state index in [4.69, 9.17) is 20.1 Å². The smallest absolute Gasteiger partial charge is 0.450 e. The number of rotatable bonds is 4. The third-order valence-corrected chi connectivity index (χ3v) is 4.98. The standard InChI is InChI=1S/C15H28O.CH2O3/c16-12-4-5-13-8-10-15(11-9-13)14-6-2-1-3-7-14;2-1(3)4/h13-16H,1-12H2;(H2,2,3,4). The van der Waals surface area contributed by atoms with Gasteiger partial charge in [0.05, 0.1) is 0 Å². The van der Waals surface area contributed by atoms with Gasteiger partial charge in [0.15, 0.2) is 0 Å². The number of carboxylic acid groups (broad SMARTS) is 2. The van der Waals surface area contributed by atoms with Gasteiger partial charge >= 0.3 is 6.16 Å². The third-order valence-electron chi connectivity index (χ3n) is 4.98. The van der Waals surface area contributed by atoms with Crippen LogP contribution in [0.25, 0.3) is 0 Å². The molecule has 2 aliphatic rings. The highest BCUT2D eigenvalue weighted by molar-refractivity contribution is 5.53. The summed E-state index contributed by atoms with van der Waals surface area (Å²) in [6.07, 6.45) is 13.8. The summed E-state index contributed by atoms with van der Waals surface area (Å²) in [5.74, 6) is 3.07. The van der Waals surface area contributed by atoms with Crippen molar-refractivity contribution in [3.8, 4) is 0 Å². The zero-order valence-corrected chi connectivity index (χ0v) is 12.5. The molecule has 0 bridgehead atoms. The zero-order chi connectivity index (χ0) is 14.8. The first kappa shape index (κ1) is 17.3. The molecule has 3 N–H and O–H groups in total. The highest BCUT2D eigenvalue weighted by Gasteiger charge is 2.28. The Morgan fingerprint density at radius 2 is 1.35 bits per heavy atom. The lowest BCUT2D eigenvalue weighted by atomic mass is 9.70. The molecule has 0 heterocycles. The van der Waals surface area contributed by atoms with Gasteiger partial charge in [-0.25, -0.2) is 4.79 Å². The van der Waals surface area contributed by atoms with E-state index < -0.39 is 6.16 Å². The molecule has 0 atom stereocenters. The van der Waals surface area contributed by atoms with E-state index in [1.165, 1.54) is 64.2 Å². The number of hydrogen-bond acceptors (Lipinski definition) is 2. The van der Waals surface area contributed by atoms with E-state index in [-0.39, 0.29) is 0 Å². The average Bonchev–Trinajstić information content (AvgIpc) is 2.46. The summed E-state index contributed by atoms with van der Waals surface area (Å²) in [6.45, 7) is 0.391. The molecule has 2 saturated carbocycles. The van der Waals surface area contributed by atoms with Crippen molar-refractivity contribution in [1.82, 2.24) is 0 Å². The monoisotopic (exact) mass is 286 g/mol. The average molecular weight is 286 g/mol. The summed E-state index contributed by atoms with van der Waals surface area (Å²) in [7, 11) is 0. The van der Waals surface area contributed by atoms with Gasteiger partial charge in [0.2, 0.25) is 0 Å². The Balaban J connectivity index is 0.000000444. The van der Waals surface area contributed by atoms with Gasteiger partial charge in [0.1, 0.15) is 0 Å². The lowest BCUT2D eigenvalue weighted by Gasteiger charge is -2.35. The molecule has 118 valence electrons. The van der Waals surface area contributed by atoms with Crippen LogP contribution < -0.4 is 0 Å². The molecule has 4 heteroatoms. The van der Waals surface area contributed by atoms with Crippen LogP contribution in [0.5, 0.6) is 0 Å². The van der Waals surface area contributed by atoms with Crippen molar-refractivity contribution >= 4 is 6.16 Å². The fourth-order valence-corrected chi connectivity index (χ4v) is 3.93. The first-order valence-electron chi connectivity index (χ1n) is 8.16. The van der Waals surface area contributed by atoms with Crippen molar-refractivity contribution in [2.45, 2.75) is 70.6 Å². The first-order valence-corrected chi connectivity index (χ1v) is 8.16. The molecule has 0 amide bonds. The molecule has 2 fully saturated rings. The van der Waals surface area contributed by atoms with Gasteiger partial charge in [-0.15, -0.1) is 0 Å². The highest BCUT2D eigenvalue weighted by atomic mass is 16.6. The van der Waals surface area contributed by atoms with Gasteiger partial charge < -0.3 is 15.3 Å². The van der Waals surface area contributed by atoms with E-state index in [2.05, 4.69) is 0 Å². The fraction of sp³-hybridized carbons (Fsp3) is 0.938. The minimum atomic E-state index is -1.83. The molecule has 0 saturated heterocycles. The number of aliphatic hydroxyl groups excluding tert-OH is 1. The molecule has 0 aliphatic heterocycles. The normalized spacial score (nSPS) is 27.4. The van der Waals surface area contributed by atoms with Crippen LogP contribution in [0.4, 0.5) is 4.79 Å². The molecule has 0 aromatic carbocycles. The molecule has 0 spiro atoms. The van der Waals surface area contributed by atoms with Crippen LogP contribution in [0.2, 0.25) is 0 Å². The molecule has 4 nitrogen and oxygen atoms in total. The molecule has 0 radical (unpaired) electrons. The Morgan fingerprint density at radius 3 is 1.85 bits per heavy atom. The second kappa shape index (κ2) is 10.0. The largest absolute Gasteiger partial charge is 0.503 e. The van der Waals surface area contributed by atoms with Crippen molar-refractivity contribution < 1.29 is 20.1 Å². The number of carbonyl (C=O) groups is 1. The maximum atomic E-state index is 8.85. The minimum absolute atomic E-state index is 0.391. The van der Waals surface area contributed by atoms with Crippen LogP contribution in [0, 0.1) is 17.8 Å². The van der Waals surface area contributed by atoms with Crippen molar-refractivity contribution in [1.29, 1.82) is 0 Å². The van der Waals surface area contributed by atoms with Crippen LogP contribution in [-0.2, 0) is 0 Å². The SMILES string of the molecule is O=C(O)O.OCCCC1CCC(C2CCCCC2)CC1. The lowest BCUT2D eigenvalue weighted by molar-refractivity contribution is 0.137. The van der Waals surface area contributed by atoms with Gasteiger partial charge in [0.25, 0.3) is 0 Å². The summed E-state index contributed by atoms with van der Waals surface area (Å²) in [6, 6.07) is 0.